The number of ether oxygens (including phenoxy) is 1. The number of carbonyl (C=O) groups excluding carboxylic acids is 2. The molecule has 0 heterocycles. The molecule has 1 N–H and O–H groups in total. The third kappa shape index (κ3) is 5.27. The number of rotatable bonds is 6. The van der Waals surface area contributed by atoms with Crippen LogP contribution in [0, 0.1) is 10.1 Å². The number of carbonyl (C=O) groups is 2. The molecule has 3 aromatic carbocycles. The fraction of sp³-hybridized carbons (Fsp3) is 0. The number of hydrogen-bond donors (Lipinski definition) is 1. The van der Waals surface area contributed by atoms with Gasteiger partial charge >= 0.3 is 5.97 Å². The first kappa shape index (κ1) is 20.7. The molecule has 0 unspecified atom stereocenters. The standard InChI is InChI=1S/C21H14ClN3O5/c22-17-10-8-14(9-11-17)21(27)30-19-7-2-1-4-16(19)13-23-24-20(26)15-5-3-6-18(12-15)25(28)29/h1-13H,(H,24,26). The van der Waals surface area contributed by atoms with Gasteiger partial charge in [-0.15, -0.1) is 0 Å². The van der Waals surface area contributed by atoms with Crippen molar-refractivity contribution in [1.29, 1.82) is 0 Å². The highest BCUT2D eigenvalue weighted by molar-refractivity contribution is 6.30. The van der Waals surface area contributed by atoms with Gasteiger partial charge in [-0.1, -0.05) is 29.8 Å². The van der Waals surface area contributed by atoms with Crippen LogP contribution in [0.3, 0.4) is 0 Å². The van der Waals surface area contributed by atoms with Crippen LogP contribution in [-0.2, 0) is 0 Å². The first-order valence-corrected chi connectivity index (χ1v) is 8.96. The van der Waals surface area contributed by atoms with E-state index in [-0.39, 0.29) is 17.0 Å². The number of hydrazone groups is 1. The van der Waals surface area contributed by atoms with E-state index in [1.165, 1.54) is 24.4 Å². The summed E-state index contributed by atoms with van der Waals surface area (Å²) in [5.41, 5.74) is 2.94. The second kappa shape index (κ2) is 9.44. The molecule has 0 aliphatic heterocycles. The summed E-state index contributed by atoms with van der Waals surface area (Å²) in [4.78, 5) is 34.7. The molecule has 0 saturated carbocycles. The van der Waals surface area contributed by atoms with Crippen LogP contribution in [0.5, 0.6) is 5.75 Å². The number of nitrogens with zero attached hydrogens (tertiary/aromatic N) is 2. The number of amides is 1. The van der Waals surface area contributed by atoms with E-state index in [4.69, 9.17) is 16.3 Å². The molecular weight excluding hydrogens is 410 g/mol. The zero-order chi connectivity index (χ0) is 21.5. The quantitative estimate of drug-likeness (QED) is 0.210. The number of nitro benzene ring substituents is 1. The Morgan fingerprint density at radius 2 is 1.73 bits per heavy atom. The van der Waals surface area contributed by atoms with Crippen molar-refractivity contribution in [2.24, 2.45) is 5.10 Å². The monoisotopic (exact) mass is 423 g/mol. The van der Waals surface area contributed by atoms with Gasteiger partial charge in [-0.2, -0.15) is 5.10 Å². The van der Waals surface area contributed by atoms with Crippen molar-refractivity contribution < 1.29 is 19.2 Å². The number of para-hydroxylation sites is 1. The van der Waals surface area contributed by atoms with Crippen molar-refractivity contribution >= 4 is 35.4 Å². The fourth-order valence-electron chi connectivity index (χ4n) is 2.41. The van der Waals surface area contributed by atoms with Crippen LogP contribution in [0.15, 0.2) is 77.9 Å². The van der Waals surface area contributed by atoms with E-state index in [0.717, 1.165) is 6.07 Å². The summed E-state index contributed by atoms with van der Waals surface area (Å²) >= 11 is 5.82. The molecule has 30 heavy (non-hydrogen) atoms. The smallest absolute Gasteiger partial charge is 0.343 e. The van der Waals surface area contributed by atoms with E-state index in [1.54, 1.807) is 48.5 Å². The zero-order valence-electron chi connectivity index (χ0n) is 15.3. The van der Waals surface area contributed by atoms with Crippen LogP contribution in [-0.4, -0.2) is 23.0 Å². The summed E-state index contributed by atoms with van der Waals surface area (Å²) in [5, 5.41) is 15.2. The zero-order valence-corrected chi connectivity index (χ0v) is 16.1. The van der Waals surface area contributed by atoms with E-state index in [2.05, 4.69) is 10.5 Å². The van der Waals surface area contributed by atoms with Crippen LogP contribution >= 0.6 is 11.6 Å². The molecule has 0 aromatic heterocycles. The lowest BCUT2D eigenvalue weighted by Gasteiger charge is -2.07. The largest absolute Gasteiger partial charge is 0.422 e. The van der Waals surface area contributed by atoms with Gasteiger partial charge in [0.1, 0.15) is 5.75 Å². The number of nitrogens with one attached hydrogen (secondary N) is 1. The van der Waals surface area contributed by atoms with Crippen LogP contribution in [0.2, 0.25) is 5.02 Å². The summed E-state index contributed by atoms with van der Waals surface area (Å²) in [6.07, 6.45) is 1.31. The maximum absolute atomic E-state index is 12.3. The second-order valence-corrected chi connectivity index (χ2v) is 6.38. The number of non-ortho nitro benzene ring substituents is 1. The maximum Gasteiger partial charge on any atom is 0.343 e. The number of halogens is 1. The van der Waals surface area contributed by atoms with Crippen molar-refractivity contribution in [3.05, 3.63) is 105 Å². The van der Waals surface area contributed by atoms with Crippen molar-refractivity contribution in [3.63, 3.8) is 0 Å². The molecule has 3 aromatic rings. The Morgan fingerprint density at radius 3 is 2.47 bits per heavy atom. The SMILES string of the molecule is O=C(NN=Cc1ccccc1OC(=O)c1ccc(Cl)cc1)c1cccc([N+](=O)[O-])c1. The van der Waals surface area contributed by atoms with Gasteiger partial charge in [-0.3, -0.25) is 14.9 Å². The van der Waals surface area contributed by atoms with Crippen LogP contribution < -0.4 is 10.2 Å². The first-order valence-electron chi connectivity index (χ1n) is 8.58. The fourth-order valence-corrected chi connectivity index (χ4v) is 2.54. The van der Waals surface area contributed by atoms with E-state index < -0.39 is 16.8 Å². The van der Waals surface area contributed by atoms with Gasteiger partial charge in [0.05, 0.1) is 16.7 Å². The topological polar surface area (TPSA) is 111 Å². The van der Waals surface area contributed by atoms with E-state index in [0.29, 0.717) is 16.1 Å². The molecule has 150 valence electrons. The number of nitro groups is 1. The molecule has 0 radical (unpaired) electrons. The summed E-state index contributed by atoms with van der Waals surface area (Å²) in [6, 6.07) is 18.1. The minimum atomic E-state index is -0.620. The Balaban J connectivity index is 1.70. The molecule has 9 heteroatoms. The molecule has 8 nitrogen and oxygen atoms in total. The first-order chi connectivity index (χ1) is 14.4. The van der Waals surface area contributed by atoms with Gasteiger partial charge in [0.25, 0.3) is 11.6 Å². The Bertz CT molecular complexity index is 1130. The summed E-state index contributed by atoms with van der Waals surface area (Å²) in [5.74, 6) is -0.954. The molecule has 0 saturated heterocycles. The number of benzene rings is 3. The molecule has 0 aliphatic rings. The average molecular weight is 424 g/mol. The van der Waals surface area contributed by atoms with Crippen molar-refractivity contribution in [2.75, 3.05) is 0 Å². The highest BCUT2D eigenvalue weighted by Crippen LogP contribution is 2.19. The highest BCUT2D eigenvalue weighted by atomic mass is 35.5. The van der Waals surface area contributed by atoms with Gasteiger partial charge in [0, 0.05) is 28.3 Å². The van der Waals surface area contributed by atoms with E-state index in [9.17, 15) is 19.7 Å². The third-order valence-electron chi connectivity index (χ3n) is 3.89. The van der Waals surface area contributed by atoms with Gasteiger partial charge in [-0.25, -0.2) is 10.2 Å². The van der Waals surface area contributed by atoms with Gasteiger partial charge in [0.15, 0.2) is 0 Å². The Kier molecular flexibility index (Phi) is 6.51. The van der Waals surface area contributed by atoms with Crippen molar-refractivity contribution in [3.8, 4) is 5.75 Å². The van der Waals surface area contributed by atoms with Crippen molar-refractivity contribution in [2.45, 2.75) is 0 Å². The highest BCUT2D eigenvalue weighted by Gasteiger charge is 2.12. The van der Waals surface area contributed by atoms with Crippen LogP contribution in [0.1, 0.15) is 26.3 Å². The normalized spacial score (nSPS) is 10.6. The molecule has 0 atom stereocenters. The number of esters is 1. The minimum absolute atomic E-state index is 0.0869. The minimum Gasteiger partial charge on any atom is -0.422 e. The number of hydrogen-bond acceptors (Lipinski definition) is 6. The molecule has 0 spiro atoms. The van der Waals surface area contributed by atoms with Gasteiger partial charge in [0.2, 0.25) is 0 Å². The second-order valence-electron chi connectivity index (χ2n) is 5.94. The maximum atomic E-state index is 12.3. The van der Waals surface area contributed by atoms with Gasteiger partial charge in [-0.05, 0) is 42.5 Å². The molecule has 3 rings (SSSR count). The lowest BCUT2D eigenvalue weighted by atomic mass is 10.2. The summed E-state index contributed by atoms with van der Waals surface area (Å²) in [6.45, 7) is 0. The Labute approximate surface area is 175 Å². The van der Waals surface area contributed by atoms with E-state index in [1.807, 2.05) is 0 Å². The molecule has 0 aliphatic carbocycles. The van der Waals surface area contributed by atoms with E-state index >= 15 is 0 Å². The predicted octanol–water partition coefficient (Wildman–Crippen LogP) is 4.23. The Morgan fingerprint density at radius 1 is 1.00 bits per heavy atom. The predicted molar refractivity (Wildman–Crippen MR) is 111 cm³/mol. The van der Waals surface area contributed by atoms with Crippen molar-refractivity contribution in [1.82, 2.24) is 5.43 Å². The molecular formula is C21H14ClN3O5. The molecule has 0 bridgehead atoms. The van der Waals surface area contributed by atoms with Crippen LogP contribution in [0.25, 0.3) is 0 Å². The third-order valence-corrected chi connectivity index (χ3v) is 4.14. The molecule has 1 amide bonds. The molecule has 0 fully saturated rings. The Hall–Kier alpha value is -4.04. The summed E-state index contributed by atoms with van der Waals surface area (Å²) in [7, 11) is 0. The lowest BCUT2D eigenvalue weighted by molar-refractivity contribution is -0.384. The van der Waals surface area contributed by atoms with Gasteiger partial charge < -0.3 is 4.74 Å². The van der Waals surface area contributed by atoms with Crippen LogP contribution in [0.4, 0.5) is 5.69 Å². The lowest BCUT2D eigenvalue weighted by Crippen LogP contribution is -2.17. The summed E-state index contributed by atoms with van der Waals surface area (Å²) < 4.78 is 5.39. The average Bonchev–Trinajstić information content (AvgIpc) is 2.75.